The molecule has 1 N–H and O–H groups in total. The van der Waals surface area contributed by atoms with Gasteiger partial charge in [0.25, 0.3) is 0 Å². The molecular formula is C33H33ClN2O3. The Kier molecular flexibility index (Phi) is 7.53. The van der Waals surface area contributed by atoms with Gasteiger partial charge in [0.15, 0.2) is 0 Å². The van der Waals surface area contributed by atoms with E-state index >= 15 is 0 Å². The van der Waals surface area contributed by atoms with E-state index in [-0.39, 0.29) is 11.9 Å². The standard InChI is InChI=1S/C33H33ClN2O3/c1-6-36(7-2)22-13-14-25-30(17-22)39-31-19-27(34)29(35-28-15-12-20(3)16-21(28)4)18-26(31)32(25)23-10-8-9-11-24(23)33(37)38-5/h8-19,32,35H,6-7H2,1-5H3. The Labute approximate surface area is 235 Å². The topological polar surface area (TPSA) is 50.8 Å². The maximum Gasteiger partial charge on any atom is 0.338 e. The Bertz CT molecular complexity index is 1540. The average molecular weight is 541 g/mol. The molecular weight excluding hydrogens is 508 g/mol. The number of aryl methyl sites for hydroxylation is 2. The maximum atomic E-state index is 12.9. The summed E-state index contributed by atoms with van der Waals surface area (Å²) in [4.78, 5) is 15.1. The SMILES string of the molecule is CCN(CC)c1ccc2c(c1)Oc1cc(Cl)c(Nc3ccc(C)cc3C)cc1C2c1ccccc1C(=O)OC. The lowest BCUT2D eigenvalue weighted by Gasteiger charge is -2.32. The molecule has 0 aromatic heterocycles. The Balaban J connectivity index is 1.69. The first kappa shape index (κ1) is 26.6. The molecule has 0 radical (unpaired) electrons. The van der Waals surface area contributed by atoms with Gasteiger partial charge in [-0.05, 0) is 63.1 Å². The van der Waals surface area contributed by atoms with Crippen LogP contribution in [0.1, 0.15) is 57.9 Å². The molecule has 0 bridgehead atoms. The molecule has 4 aromatic carbocycles. The predicted octanol–water partition coefficient (Wildman–Crippen LogP) is 8.62. The first-order chi connectivity index (χ1) is 18.8. The van der Waals surface area contributed by atoms with Crippen LogP contribution in [0.5, 0.6) is 11.5 Å². The molecule has 1 atom stereocenters. The number of nitrogens with zero attached hydrogens (tertiary/aromatic N) is 1. The third-order valence-electron chi connectivity index (χ3n) is 7.40. The summed E-state index contributed by atoms with van der Waals surface area (Å²) >= 11 is 6.82. The molecule has 39 heavy (non-hydrogen) atoms. The van der Waals surface area contributed by atoms with Crippen LogP contribution in [0.4, 0.5) is 17.1 Å². The van der Waals surface area contributed by atoms with Crippen molar-refractivity contribution in [3.8, 4) is 11.5 Å². The van der Waals surface area contributed by atoms with Crippen LogP contribution in [0, 0.1) is 13.8 Å². The highest BCUT2D eigenvalue weighted by molar-refractivity contribution is 6.33. The molecule has 1 aliphatic heterocycles. The summed E-state index contributed by atoms with van der Waals surface area (Å²) in [6.07, 6.45) is 0. The largest absolute Gasteiger partial charge is 0.465 e. The lowest BCUT2D eigenvalue weighted by Crippen LogP contribution is -2.22. The molecule has 6 heteroatoms. The van der Waals surface area contributed by atoms with Gasteiger partial charge in [-0.25, -0.2) is 4.79 Å². The fourth-order valence-electron chi connectivity index (χ4n) is 5.38. The van der Waals surface area contributed by atoms with Crippen LogP contribution in [0.2, 0.25) is 5.02 Å². The second-order valence-electron chi connectivity index (χ2n) is 9.82. The maximum absolute atomic E-state index is 12.9. The first-order valence-corrected chi connectivity index (χ1v) is 13.6. The van der Waals surface area contributed by atoms with Crippen molar-refractivity contribution < 1.29 is 14.3 Å². The Morgan fingerprint density at radius 1 is 0.897 bits per heavy atom. The molecule has 0 aliphatic carbocycles. The first-order valence-electron chi connectivity index (χ1n) is 13.3. The van der Waals surface area contributed by atoms with Gasteiger partial charge in [0, 0.05) is 53.6 Å². The number of carbonyl (C=O) groups excluding carboxylic acids is 1. The third kappa shape index (κ3) is 5.07. The second kappa shape index (κ2) is 11.0. The molecule has 0 saturated carbocycles. The van der Waals surface area contributed by atoms with E-state index in [2.05, 4.69) is 74.3 Å². The van der Waals surface area contributed by atoms with Crippen molar-refractivity contribution >= 4 is 34.6 Å². The fourth-order valence-corrected chi connectivity index (χ4v) is 5.58. The number of methoxy groups -OCH3 is 1. The summed E-state index contributed by atoms with van der Waals surface area (Å²) in [5.41, 5.74) is 8.44. The summed E-state index contributed by atoms with van der Waals surface area (Å²) in [7, 11) is 1.41. The number of anilines is 3. The van der Waals surface area contributed by atoms with Crippen molar-refractivity contribution in [2.75, 3.05) is 30.4 Å². The number of rotatable bonds is 7. The van der Waals surface area contributed by atoms with E-state index in [1.807, 2.05) is 36.4 Å². The molecule has 0 saturated heterocycles. The minimum absolute atomic E-state index is 0.262. The quantitative estimate of drug-likeness (QED) is 0.209. The summed E-state index contributed by atoms with van der Waals surface area (Å²) in [5.74, 6) is 0.784. The lowest BCUT2D eigenvalue weighted by atomic mass is 9.80. The number of halogens is 1. The highest BCUT2D eigenvalue weighted by atomic mass is 35.5. The van der Waals surface area contributed by atoms with Crippen LogP contribution < -0.4 is 15.0 Å². The molecule has 1 heterocycles. The van der Waals surface area contributed by atoms with Crippen LogP contribution in [0.25, 0.3) is 0 Å². The third-order valence-corrected chi connectivity index (χ3v) is 7.71. The number of ether oxygens (including phenoxy) is 2. The summed E-state index contributed by atoms with van der Waals surface area (Å²) in [6, 6.07) is 24.1. The zero-order chi connectivity index (χ0) is 27.7. The Morgan fingerprint density at radius 3 is 2.36 bits per heavy atom. The van der Waals surface area contributed by atoms with Gasteiger partial charge in [0.05, 0.1) is 23.4 Å². The number of hydrogen-bond donors (Lipinski definition) is 1. The Hall–Kier alpha value is -3.96. The van der Waals surface area contributed by atoms with Gasteiger partial charge in [-0.1, -0.05) is 53.6 Å². The average Bonchev–Trinajstić information content (AvgIpc) is 2.94. The zero-order valence-corrected chi connectivity index (χ0v) is 23.7. The fraction of sp³-hybridized carbons (Fsp3) is 0.242. The molecule has 1 unspecified atom stereocenters. The number of benzene rings is 4. The number of nitrogens with one attached hydrogen (secondary N) is 1. The van der Waals surface area contributed by atoms with E-state index in [4.69, 9.17) is 21.1 Å². The normalized spacial score (nSPS) is 13.6. The molecule has 1 aliphatic rings. The number of fused-ring (bicyclic) bond motifs is 2. The van der Waals surface area contributed by atoms with Gasteiger partial charge in [-0.2, -0.15) is 0 Å². The van der Waals surface area contributed by atoms with E-state index in [1.165, 1.54) is 12.7 Å². The summed E-state index contributed by atoms with van der Waals surface area (Å²) < 4.78 is 11.7. The van der Waals surface area contributed by atoms with Crippen LogP contribution in [-0.2, 0) is 4.74 Å². The van der Waals surface area contributed by atoms with Gasteiger partial charge in [0.1, 0.15) is 11.5 Å². The summed E-state index contributed by atoms with van der Waals surface area (Å²) in [5, 5.41) is 4.07. The van der Waals surface area contributed by atoms with Gasteiger partial charge in [-0.3, -0.25) is 0 Å². The van der Waals surface area contributed by atoms with E-state index < -0.39 is 0 Å². The second-order valence-corrected chi connectivity index (χ2v) is 10.2. The van der Waals surface area contributed by atoms with Gasteiger partial charge in [0.2, 0.25) is 0 Å². The highest BCUT2D eigenvalue weighted by Gasteiger charge is 2.33. The minimum Gasteiger partial charge on any atom is -0.465 e. The van der Waals surface area contributed by atoms with Crippen molar-refractivity contribution in [1.82, 2.24) is 0 Å². The number of hydrogen-bond acceptors (Lipinski definition) is 5. The summed E-state index contributed by atoms with van der Waals surface area (Å²) in [6.45, 7) is 10.2. The van der Waals surface area contributed by atoms with Crippen molar-refractivity contribution in [2.45, 2.75) is 33.6 Å². The molecule has 0 amide bonds. The van der Waals surface area contributed by atoms with E-state index in [9.17, 15) is 4.79 Å². The van der Waals surface area contributed by atoms with E-state index in [0.717, 1.165) is 58.2 Å². The van der Waals surface area contributed by atoms with Crippen LogP contribution in [0.3, 0.4) is 0 Å². The molecule has 5 nitrogen and oxygen atoms in total. The smallest absolute Gasteiger partial charge is 0.338 e. The zero-order valence-electron chi connectivity index (χ0n) is 23.0. The number of carbonyl (C=O) groups is 1. The minimum atomic E-state index is -0.373. The number of esters is 1. The molecule has 5 rings (SSSR count). The van der Waals surface area contributed by atoms with Crippen molar-refractivity contribution in [3.63, 3.8) is 0 Å². The van der Waals surface area contributed by atoms with Gasteiger partial charge in [-0.15, -0.1) is 0 Å². The van der Waals surface area contributed by atoms with Crippen molar-refractivity contribution in [1.29, 1.82) is 0 Å². The molecule has 200 valence electrons. The molecule has 0 spiro atoms. The predicted molar refractivity (Wildman–Crippen MR) is 159 cm³/mol. The van der Waals surface area contributed by atoms with Gasteiger partial charge < -0.3 is 19.7 Å². The molecule has 0 fully saturated rings. The van der Waals surface area contributed by atoms with Crippen molar-refractivity contribution in [3.05, 3.63) is 111 Å². The van der Waals surface area contributed by atoms with Crippen LogP contribution in [0.15, 0.2) is 72.8 Å². The van der Waals surface area contributed by atoms with E-state index in [0.29, 0.717) is 16.3 Å². The van der Waals surface area contributed by atoms with Crippen LogP contribution in [-0.4, -0.2) is 26.2 Å². The monoisotopic (exact) mass is 540 g/mol. The van der Waals surface area contributed by atoms with Crippen molar-refractivity contribution in [2.24, 2.45) is 0 Å². The highest BCUT2D eigenvalue weighted by Crippen LogP contribution is 2.51. The molecule has 4 aromatic rings. The lowest BCUT2D eigenvalue weighted by molar-refractivity contribution is 0.0599. The Morgan fingerprint density at radius 2 is 1.64 bits per heavy atom. The van der Waals surface area contributed by atoms with E-state index in [1.54, 1.807) is 0 Å². The van der Waals surface area contributed by atoms with Gasteiger partial charge >= 0.3 is 5.97 Å². The van der Waals surface area contributed by atoms with Crippen LogP contribution >= 0.6 is 11.6 Å².